The van der Waals surface area contributed by atoms with Gasteiger partial charge < -0.3 is 5.32 Å². The third kappa shape index (κ3) is 4.00. The van der Waals surface area contributed by atoms with Crippen LogP contribution in [-0.2, 0) is 0 Å². The number of nitrogens with zero attached hydrogens (tertiary/aromatic N) is 1. The van der Waals surface area contributed by atoms with Crippen LogP contribution in [0.4, 0.5) is 4.39 Å². The van der Waals surface area contributed by atoms with E-state index >= 15 is 0 Å². The SMILES string of the molecule is CCC(NC(C)c1ccc(F)cn1)C1CCCCC1. The highest BCUT2D eigenvalue weighted by Gasteiger charge is 2.23. The maximum Gasteiger partial charge on any atom is 0.141 e. The Hall–Kier alpha value is -0.960. The maximum atomic E-state index is 12.9. The van der Waals surface area contributed by atoms with Gasteiger partial charge in [-0.25, -0.2) is 4.39 Å². The molecule has 1 aromatic rings. The minimum absolute atomic E-state index is 0.187. The van der Waals surface area contributed by atoms with Crippen molar-refractivity contribution in [3.05, 3.63) is 29.8 Å². The number of aromatic nitrogens is 1. The van der Waals surface area contributed by atoms with Gasteiger partial charge in [0.05, 0.1) is 11.9 Å². The molecule has 2 rings (SSSR count). The molecule has 0 aromatic carbocycles. The summed E-state index contributed by atoms with van der Waals surface area (Å²) in [6.07, 6.45) is 9.26. The summed E-state index contributed by atoms with van der Waals surface area (Å²) in [5.74, 6) is 0.525. The van der Waals surface area contributed by atoms with E-state index in [-0.39, 0.29) is 11.9 Å². The Balaban J connectivity index is 1.95. The summed E-state index contributed by atoms with van der Waals surface area (Å²) >= 11 is 0. The van der Waals surface area contributed by atoms with Gasteiger partial charge >= 0.3 is 0 Å². The lowest BCUT2D eigenvalue weighted by molar-refractivity contribution is 0.248. The lowest BCUT2D eigenvalue weighted by Crippen LogP contribution is -2.38. The molecule has 0 bridgehead atoms. The predicted molar refractivity (Wildman–Crippen MR) is 76.4 cm³/mol. The summed E-state index contributed by atoms with van der Waals surface area (Å²) in [6, 6.07) is 4.01. The van der Waals surface area contributed by atoms with Gasteiger partial charge in [-0.2, -0.15) is 0 Å². The van der Waals surface area contributed by atoms with Gasteiger partial charge in [0.1, 0.15) is 5.82 Å². The number of rotatable bonds is 5. The van der Waals surface area contributed by atoms with E-state index in [9.17, 15) is 4.39 Å². The summed E-state index contributed by atoms with van der Waals surface area (Å²) in [5.41, 5.74) is 0.927. The molecule has 19 heavy (non-hydrogen) atoms. The Bertz CT molecular complexity index is 371. The van der Waals surface area contributed by atoms with E-state index < -0.39 is 0 Å². The number of hydrogen-bond acceptors (Lipinski definition) is 2. The van der Waals surface area contributed by atoms with Crippen molar-refractivity contribution in [3.8, 4) is 0 Å². The summed E-state index contributed by atoms with van der Waals surface area (Å²) in [6.45, 7) is 4.36. The lowest BCUT2D eigenvalue weighted by atomic mass is 9.82. The van der Waals surface area contributed by atoms with E-state index in [1.54, 1.807) is 6.07 Å². The second kappa shape index (κ2) is 6.99. The van der Waals surface area contributed by atoms with Gasteiger partial charge in [0.15, 0.2) is 0 Å². The van der Waals surface area contributed by atoms with Crippen LogP contribution in [-0.4, -0.2) is 11.0 Å². The van der Waals surface area contributed by atoms with Gasteiger partial charge in [0, 0.05) is 12.1 Å². The largest absolute Gasteiger partial charge is 0.306 e. The van der Waals surface area contributed by atoms with Gasteiger partial charge in [-0.05, 0) is 44.2 Å². The topological polar surface area (TPSA) is 24.9 Å². The zero-order chi connectivity index (χ0) is 13.7. The van der Waals surface area contributed by atoms with Crippen molar-refractivity contribution >= 4 is 0 Å². The Kier molecular flexibility index (Phi) is 5.32. The molecule has 0 aliphatic heterocycles. The molecule has 1 aromatic heterocycles. The molecule has 2 atom stereocenters. The molecule has 0 saturated heterocycles. The monoisotopic (exact) mass is 264 g/mol. The standard InChI is InChI=1S/C16H25FN2/c1-3-15(13-7-5-4-6-8-13)19-12(2)16-10-9-14(17)11-18-16/h9-13,15,19H,3-8H2,1-2H3. The first-order valence-corrected chi connectivity index (χ1v) is 7.58. The van der Waals surface area contributed by atoms with Gasteiger partial charge in [0.25, 0.3) is 0 Å². The number of hydrogen-bond donors (Lipinski definition) is 1. The van der Waals surface area contributed by atoms with Crippen LogP contribution >= 0.6 is 0 Å². The summed E-state index contributed by atoms with van der Waals surface area (Å²) < 4.78 is 12.9. The predicted octanol–water partition coefficient (Wildman–Crippen LogP) is 4.23. The average Bonchev–Trinajstić information content (AvgIpc) is 2.46. The lowest BCUT2D eigenvalue weighted by Gasteiger charge is -2.32. The van der Waals surface area contributed by atoms with Crippen LogP contribution < -0.4 is 5.32 Å². The first-order valence-electron chi connectivity index (χ1n) is 7.58. The molecule has 0 radical (unpaired) electrons. The van der Waals surface area contributed by atoms with Crippen LogP contribution in [0.25, 0.3) is 0 Å². The summed E-state index contributed by atoms with van der Waals surface area (Å²) in [4.78, 5) is 4.17. The molecule has 1 heterocycles. The Labute approximate surface area is 115 Å². The zero-order valence-electron chi connectivity index (χ0n) is 12.0. The molecule has 1 fully saturated rings. The van der Waals surface area contributed by atoms with Crippen molar-refractivity contribution in [1.82, 2.24) is 10.3 Å². The van der Waals surface area contributed by atoms with Crippen molar-refractivity contribution < 1.29 is 4.39 Å². The zero-order valence-corrected chi connectivity index (χ0v) is 12.0. The van der Waals surface area contributed by atoms with Crippen molar-refractivity contribution in [2.75, 3.05) is 0 Å². The molecular weight excluding hydrogens is 239 g/mol. The fourth-order valence-corrected chi connectivity index (χ4v) is 3.17. The molecule has 1 N–H and O–H groups in total. The van der Waals surface area contributed by atoms with Crippen molar-refractivity contribution in [3.63, 3.8) is 0 Å². The average molecular weight is 264 g/mol. The van der Waals surface area contributed by atoms with Crippen LogP contribution in [0.2, 0.25) is 0 Å². The van der Waals surface area contributed by atoms with Gasteiger partial charge in [-0.3, -0.25) is 4.98 Å². The molecule has 1 aliphatic carbocycles. The maximum absolute atomic E-state index is 12.9. The third-order valence-electron chi connectivity index (χ3n) is 4.32. The van der Waals surface area contributed by atoms with Crippen LogP contribution in [0.15, 0.2) is 18.3 Å². The van der Waals surface area contributed by atoms with E-state index in [1.807, 2.05) is 0 Å². The van der Waals surface area contributed by atoms with Crippen LogP contribution in [0.3, 0.4) is 0 Å². The fourth-order valence-electron chi connectivity index (χ4n) is 3.17. The van der Waals surface area contributed by atoms with E-state index in [4.69, 9.17) is 0 Å². The van der Waals surface area contributed by atoms with Crippen LogP contribution in [0.1, 0.15) is 64.1 Å². The van der Waals surface area contributed by atoms with Crippen LogP contribution in [0.5, 0.6) is 0 Å². The molecule has 0 amide bonds. The van der Waals surface area contributed by atoms with Crippen LogP contribution in [0, 0.1) is 11.7 Å². The number of pyridine rings is 1. The molecule has 0 spiro atoms. The van der Waals surface area contributed by atoms with E-state index in [0.717, 1.165) is 18.0 Å². The smallest absolute Gasteiger partial charge is 0.141 e. The summed E-state index contributed by atoms with van der Waals surface area (Å²) in [5, 5.41) is 3.69. The highest BCUT2D eigenvalue weighted by atomic mass is 19.1. The fraction of sp³-hybridized carbons (Fsp3) is 0.688. The van der Waals surface area contributed by atoms with E-state index in [1.165, 1.54) is 44.4 Å². The second-order valence-corrected chi connectivity index (χ2v) is 5.70. The van der Waals surface area contributed by atoms with Crippen molar-refractivity contribution in [2.24, 2.45) is 5.92 Å². The molecule has 2 nitrogen and oxygen atoms in total. The minimum atomic E-state index is -0.268. The van der Waals surface area contributed by atoms with Crippen molar-refractivity contribution in [1.29, 1.82) is 0 Å². The van der Waals surface area contributed by atoms with E-state index in [0.29, 0.717) is 6.04 Å². The van der Waals surface area contributed by atoms with Gasteiger partial charge in [0.2, 0.25) is 0 Å². The van der Waals surface area contributed by atoms with E-state index in [2.05, 4.69) is 24.1 Å². The molecular formula is C16H25FN2. The van der Waals surface area contributed by atoms with Gasteiger partial charge in [-0.15, -0.1) is 0 Å². The Morgan fingerprint density at radius 3 is 2.63 bits per heavy atom. The number of halogens is 1. The Morgan fingerprint density at radius 2 is 2.05 bits per heavy atom. The Morgan fingerprint density at radius 1 is 1.32 bits per heavy atom. The normalized spacial score (nSPS) is 20.2. The first-order chi connectivity index (χ1) is 9.20. The molecule has 3 heteroatoms. The summed E-state index contributed by atoms with van der Waals surface area (Å²) in [7, 11) is 0. The molecule has 106 valence electrons. The third-order valence-corrected chi connectivity index (χ3v) is 4.32. The first kappa shape index (κ1) is 14.4. The highest BCUT2D eigenvalue weighted by Crippen LogP contribution is 2.28. The molecule has 1 saturated carbocycles. The number of nitrogens with one attached hydrogen (secondary N) is 1. The van der Waals surface area contributed by atoms with Gasteiger partial charge in [-0.1, -0.05) is 26.2 Å². The molecule has 1 aliphatic rings. The molecule has 2 unspecified atom stereocenters. The minimum Gasteiger partial charge on any atom is -0.306 e. The van der Waals surface area contributed by atoms with Crippen molar-refractivity contribution in [2.45, 2.75) is 64.5 Å². The quantitative estimate of drug-likeness (QED) is 0.861. The second-order valence-electron chi connectivity index (χ2n) is 5.70. The highest BCUT2D eigenvalue weighted by molar-refractivity contribution is 5.09.